The number of nitrogens with one attached hydrogen (secondary N) is 1. The molecule has 2 aromatic rings. The maximum atomic E-state index is 11.9. The zero-order valence-electron chi connectivity index (χ0n) is 12.2. The van der Waals surface area contributed by atoms with E-state index < -0.39 is 0 Å². The number of anilines is 1. The molecular weight excluding hydrogens is 264 g/mol. The van der Waals surface area contributed by atoms with E-state index in [4.69, 9.17) is 0 Å². The maximum Gasteiger partial charge on any atom is 0.230 e. The summed E-state index contributed by atoms with van der Waals surface area (Å²) in [6.07, 6.45) is 5.23. The summed E-state index contributed by atoms with van der Waals surface area (Å²) in [5.74, 6) is -0.0202. The number of nitrogens with zero attached hydrogens (tertiary/aromatic N) is 1. The first-order valence-electron chi connectivity index (χ1n) is 7.20. The summed E-state index contributed by atoms with van der Waals surface area (Å²) in [6.45, 7) is 2.17. The first-order chi connectivity index (χ1) is 10.2. The first kappa shape index (κ1) is 15.0. The van der Waals surface area contributed by atoms with Crippen molar-refractivity contribution in [3.05, 3.63) is 53.7 Å². The second-order valence-corrected chi connectivity index (χ2v) is 5.02. The minimum absolute atomic E-state index is 0.0271. The van der Waals surface area contributed by atoms with Crippen molar-refractivity contribution >= 4 is 11.7 Å². The fourth-order valence-electron chi connectivity index (χ4n) is 2.06. The van der Waals surface area contributed by atoms with Crippen LogP contribution in [0.3, 0.4) is 0 Å². The smallest absolute Gasteiger partial charge is 0.230 e. The quantitative estimate of drug-likeness (QED) is 0.855. The number of rotatable bonds is 6. The molecule has 21 heavy (non-hydrogen) atoms. The Morgan fingerprint density at radius 1 is 1.19 bits per heavy atom. The van der Waals surface area contributed by atoms with Crippen LogP contribution < -0.4 is 5.32 Å². The lowest BCUT2D eigenvalue weighted by Gasteiger charge is -2.06. The molecule has 2 N–H and O–H groups in total. The molecule has 0 unspecified atom stereocenters. The van der Waals surface area contributed by atoms with E-state index in [-0.39, 0.29) is 23.9 Å². The molecule has 4 nitrogen and oxygen atoms in total. The van der Waals surface area contributed by atoms with Crippen molar-refractivity contribution < 1.29 is 9.90 Å². The summed E-state index contributed by atoms with van der Waals surface area (Å²) in [5.41, 5.74) is 2.24. The standard InChI is InChI=1S/C17H20N2O2/c1-2-3-5-13-7-9-14(10-8-13)12-16(21)19-17-15(20)6-4-11-18-17/h4,6-11,20H,2-3,5,12H2,1H3,(H,18,19,21). The summed E-state index contributed by atoms with van der Waals surface area (Å²) in [6, 6.07) is 11.2. The molecule has 4 heteroatoms. The lowest BCUT2D eigenvalue weighted by atomic mass is 10.0. The van der Waals surface area contributed by atoms with Gasteiger partial charge in [-0.3, -0.25) is 4.79 Å². The van der Waals surface area contributed by atoms with Crippen LogP contribution in [-0.2, 0) is 17.6 Å². The third kappa shape index (κ3) is 4.60. The highest BCUT2D eigenvalue weighted by Crippen LogP contribution is 2.18. The third-order valence-electron chi connectivity index (χ3n) is 3.25. The van der Waals surface area contributed by atoms with Crippen LogP contribution in [0, 0.1) is 0 Å². The Morgan fingerprint density at radius 2 is 1.90 bits per heavy atom. The monoisotopic (exact) mass is 284 g/mol. The number of hydrogen-bond donors (Lipinski definition) is 2. The summed E-state index contributed by atoms with van der Waals surface area (Å²) in [4.78, 5) is 15.9. The van der Waals surface area contributed by atoms with Crippen LogP contribution in [0.25, 0.3) is 0 Å². The number of carbonyl (C=O) groups is 1. The average molecular weight is 284 g/mol. The van der Waals surface area contributed by atoms with Crippen molar-refractivity contribution in [3.8, 4) is 5.75 Å². The number of hydrogen-bond acceptors (Lipinski definition) is 3. The molecule has 1 aromatic heterocycles. The Kier molecular flexibility index (Phi) is 5.32. The van der Waals surface area contributed by atoms with E-state index in [0.717, 1.165) is 12.0 Å². The van der Waals surface area contributed by atoms with Gasteiger partial charge in [-0.05, 0) is 36.1 Å². The number of aryl methyl sites for hydroxylation is 1. The van der Waals surface area contributed by atoms with Crippen LogP contribution in [-0.4, -0.2) is 16.0 Å². The molecule has 0 aliphatic heterocycles. The van der Waals surface area contributed by atoms with Gasteiger partial charge < -0.3 is 10.4 Å². The minimum Gasteiger partial charge on any atom is -0.504 e. The number of aromatic hydroxyl groups is 1. The van der Waals surface area contributed by atoms with Crippen molar-refractivity contribution in [1.29, 1.82) is 0 Å². The van der Waals surface area contributed by atoms with Gasteiger partial charge in [0.25, 0.3) is 0 Å². The molecule has 0 saturated heterocycles. The number of pyridine rings is 1. The van der Waals surface area contributed by atoms with Crippen LogP contribution in [0.15, 0.2) is 42.6 Å². The molecule has 1 amide bonds. The number of carbonyl (C=O) groups excluding carboxylic acids is 1. The van der Waals surface area contributed by atoms with Crippen molar-refractivity contribution in [2.24, 2.45) is 0 Å². The van der Waals surface area contributed by atoms with Gasteiger partial charge in [-0.25, -0.2) is 4.98 Å². The molecular formula is C17H20N2O2. The largest absolute Gasteiger partial charge is 0.504 e. The maximum absolute atomic E-state index is 11.9. The molecule has 0 fully saturated rings. The van der Waals surface area contributed by atoms with Crippen LogP contribution in [0.2, 0.25) is 0 Å². The van der Waals surface area contributed by atoms with Crippen molar-refractivity contribution in [2.75, 3.05) is 5.32 Å². The fourth-order valence-corrected chi connectivity index (χ4v) is 2.06. The van der Waals surface area contributed by atoms with Gasteiger partial charge in [-0.15, -0.1) is 0 Å². The van der Waals surface area contributed by atoms with E-state index in [0.29, 0.717) is 0 Å². The van der Waals surface area contributed by atoms with Gasteiger partial charge in [0.05, 0.1) is 6.42 Å². The highest BCUT2D eigenvalue weighted by Gasteiger charge is 2.08. The van der Waals surface area contributed by atoms with Gasteiger partial charge in [-0.2, -0.15) is 0 Å². The minimum atomic E-state index is -0.190. The predicted molar refractivity (Wildman–Crippen MR) is 83.3 cm³/mol. The Balaban J connectivity index is 1.92. The Bertz CT molecular complexity index is 594. The van der Waals surface area contributed by atoms with Gasteiger partial charge in [0.15, 0.2) is 11.6 Å². The van der Waals surface area contributed by atoms with Crippen molar-refractivity contribution in [3.63, 3.8) is 0 Å². The van der Waals surface area contributed by atoms with E-state index in [9.17, 15) is 9.90 Å². The van der Waals surface area contributed by atoms with Gasteiger partial charge in [-0.1, -0.05) is 37.6 Å². The number of amides is 1. The molecule has 0 aliphatic rings. The van der Waals surface area contributed by atoms with Crippen LogP contribution in [0.5, 0.6) is 5.75 Å². The van der Waals surface area contributed by atoms with Gasteiger partial charge in [0, 0.05) is 6.20 Å². The SMILES string of the molecule is CCCCc1ccc(CC(=O)Nc2ncccc2O)cc1. The fraction of sp³-hybridized carbons (Fsp3) is 0.294. The Hall–Kier alpha value is -2.36. The molecule has 0 radical (unpaired) electrons. The highest BCUT2D eigenvalue weighted by molar-refractivity contribution is 5.92. The molecule has 2 rings (SSSR count). The molecule has 110 valence electrons. The van der Waals surface area contributed by atoms with Gasteiger partial charge in [0.1, 0.15) is 0 Å². The number of aromatic nitrogens is 1. The highest BCUT2D eigenvalue weighted by atomic mass is 16.3. The lowest BCUT2D eigenvalue weighted by Crippen LogP contribution is -2.15. The van der Waals surface area contributed by atoms with E-state index in [1.165, 1.54) is 30.7 Å². The van der Waals surface area contributed by atoms with Crippen LogP contribution in [0.4, 0.5) is 5.82 Å². The Labute approximate surface area is 124 Å². The first-order valence-corrected chi connectivity index (χ1v) is 7.20. The van der Waals surface area contributed by atoms with Crippen LogP contribution in [0.1, 0.15) is 30.9 Å². The van der Waals surface area contributed by atoms with Crippen molar-refractivity contribution in [1.82, 2.24) is 4.98 Å². The number of benzene rings is 1. The van der Waals surface area contributed by atoms with Gasteiger partial charge >= 0.3 is 0 Å². The average Bonchev–Trinajstić information content (AvgIpc) is 2.49. The molecule has 0 aliphatic carbocycles. The molecule has 0 spiro atoms. The third-order valence-corrected chi connectivity index (χ3v) is 3.25. The lowest BCUT2D eigenvalue weighted by molar-refractivity contribution is -0.115. The summed E-state index contributed by atoms with van der Waals surface area (Å²) >= 11 is 0. The molecule has 1 aromatic carbocycles. The zero-order valence-corrected chi connectivity index (χ0v) is 12.2. The normalized spacial score (nSPS) is 10.3. The van der Waals surface area contributed by atoms with E-state index in [1.54, 1.807) is 6.07 Å². The topological polar surface area (TPSA) is 62.2 Å². The number of unbranched alkanes of at least 4 members (excludes halogenated alkanes) is 1. The summed E-state index contributed by atoms with van der Waals surface area (Å²) in [7, 11) is 0. The van der Waals surface area contributed by atoms with Crippen molar-refractivity contribution in [2.45, 2.75) is 32.6 Å². The predicted octanol–water partition coefficient (Wildman–Crippen LogP) is 3.31. The second-order valence-electron chi connectivity index (χ2n) is 5.02. The van der Waals surface area contributed by atoms with E-state index in [1.807, 2.05) is 12.1 Å². The van der Waals surface area contributed by atoms with E-state index >= 15 is 0 Å². The molecule has 0 atom stereocenters. The molecule has 0 saturated carbocycles. The Morgan fingerprint density at radius 3 is 2.57 bits per heavy atom. The molecule has 0 bridgehead atoms. The van der Waals surface area contributed by atoms with Gasteiger partial charge in [0.2, 0.25) is 5.91 Å². The second kappa shape index (κ2) is 7.43. The molecule has 1 heterocycles. The summed E-state index contributed by atoms with van der Waals surface area (Å²) in [5, 5.41) is 12.2. The zero-order chi connectivity index (χ0) is 15.1. The van der Waals surface area contributed by atoms with E-state index in [2.05, 4.69) is 29.4 Å². The van der Waals surface area contributed by atoms with Crippen LogP contribution >= 0.6 is 0 Å². The summed E-state index contributed by atoms with van der Waals surface area (Å²) < 4.78 is 0.